The Labute approximate surface area is 259 Å². The van der Waals surface area contributed by atoms with Crippen molar-refractivity contribution in [3.05, 3.63) is 71.9 Å². The number of hydrogen-bond donors (Lipinski definition) is 4. The third-order valence-corrected chi connectivity index (χ3v) is 8.25. The molecule has 2 aromatic carbocycles. The fraction of sp³-hybridized carbons (Fsp3) is 0.486. The van der Waals surface area contributed by atoms with Crippen LogP contribution in [0.5, 0.6) is 0 Å². The third-order valence-electron chi connectivity index (χ3n) is 8.25. The van der Waals surface area contributed by atoms with Crippen LogP contribution in [0.1, 0.15) is 76.8 Å². The zero-order valence-corrected chi connectivity index (χ0v) is 26.1. The van der Waals surface area contributed by atoms with Crippen molar-refractivity contribution in [1.29, 1.82) is 0 Å². The number of amides is 3. The number of benzene rings is 2. The highest BCUT2D eigenvalue weighted by Crippen LogP contribution is 2.29. The molecule has 0 radical (unpaired) electrons. The molecule has 1 aromatic heterocycles. The first-order chi connectivity index (χ1) is 21.2. The number of nitrogens with one attached hydrogen (secondary N) is 4. The Morgan fingerprint density at radius 2 is 1.48 bits per heavy atom. The van der Waals surface area contributed by atoms with Gasteiger partial charge in [-0.25, -0.2) is 0 Å². The van der Waals surface area contributed by atoms with Crippen LogP contribution in [0.4, 0.5) is 0 Å². The molecule has 9 heteroatoms. The number of Topliss-reactive ketones (excluding diaryl/α,β-unsaturated/α-hetero) is 1. The van der Waals surface area contributed by atoms with Gasteiger partial charge in [-0.2, -0.15) is 0 Å². The average molecular weight is 603 g/mol. The van der Waals surface area contributed by atoms with E-state index in [1.54, 1.807) is 6.92 Å². The van der Waals surface area contributed by atoms with Gasteiger partial charge in [0.2, 0.25) is 17.7 Å². The molecule has 0 bridgehead atoms. The molecule has 1 aliphatic rings. The lowest BCUT2D eigenvalue weighted by atomic mass is 9.94. The first-order valence-electron chi connectivity index (χ1n) is 15.9. The normalized spacial score (nSPS) is 17.8. The Morgan fingerprint density at radius 3 is 2.18 bits per heavy atom. The standard InChI is InChI=1S/C35H46N4O5/c1-4-6-9-19-31(40)37-30(21-25-22-36-27-18-13-12-16-26(25)27)34(43)38-28(17-7-5-2)33(42)39-29(32(41)35(3)23-44-35)20-24-14-10-8-11-15-24/h8,10-16,18,22,28-30,36H,4-7,9,17,19-21,23H2,1-3H3,(H,37,40)(H,38,43)(H,39,42). The average Bonchev–Trinajstić information content (AvgIpc) is 3.65. The Balaban J connectivity index is 1.52. The number of aromatic amines is 1. The zero-order chi connectivity index (χ0) is 31.5. The quantitative estimate of drug-likeness (QED) is 0.125. The fourth-order valence-corrected chi connectivity index (χ4v) is 5.43. The van der Waals surface area contributed by atoms with E-state index in [1.807, 2.05) is 67.7 Å². The van der Waals surface area contributed by atoms with E-state index in [0.29, 0.717) is 32.3 Å². The Kier molecular flexibility index (Phi) is 11.7. The number of unbranched alkanes of at least 4 members (excludes halogenated alkanes) is 3. The highest BCUT2D eigenvalue weighted by Gasteiger charge is 2.50. The summed E-state index contributed by atoms with van der Waals surface area (Å²) in [5, 5.41) is 9.77. The van der Waals surface area contributed by atoms with Gasteiger partial charge >= 0.3 is 0 Å². The van der Waals surface area contributed by atoms with Gasteiger partial charge in [0.05, 0.1) is 12.6 Å². The van der Waals surface area contributed by atoms with Crippen molar-refractivity contribution in [2.45, 2.75) is 102 Å². The molecule has 4 rings (SSSR count). The molecule has 0 saturated carbocycles. The van der Waals surface area contributed by atoms with E-state index >= 15 is 0 Å². The minimum absolute atomic E-state index is 0.188. The summed E-state index contributed by atoms with van der Waals surface area (Å²) in [6.45, 7) is 6.13. The summed E-state index contributed by atoms with van der Waals surface area (Å²) in [5.41, 5.74) is 1.84. The maximum atomic E-state index is 13.8. The van der Waals surface area contributed by atoms with E-state index in [1.165, 1.54) is 0 Å². The van der Waals surface area contributed by atoms with Crippen molar-refractivity contribution in [2.75, 3.05) is 6.61 Å². The van der Waals surface area contributed by atoms with Crippen LogP contribution in [-0.2, 0) is 36.8 Å². The second-order valence-electron chi connectivity index (χ2n) is 12.0. The molecular formula is C35H46N4O5. The van der Waals surface area contributed by atoms with Crippen LogP contribution in [0.15, 0.2) is 60.8 Å². The highest BCUT2D eigenvalue weighted by atomic mass is 16.6. The number of rotatable bonds is 18. The molecule has 3 aromatic rings. The largest absolute Gasteiger partial charge is 0.361 e. The van der Waals surface area contributed by atoms with Gasteiger partial charge < -0.3 is 25.7 Å². The molecule has 0 spiro atoms. The molecule has 44 heavy (non-hydrogen) atoms. The number of epoxide rings is 1. The van der Waals surface area contributed by atoms with Crippen molar-refractivity contribution < 1.29 is 23.9 Å². The number of H-pyrrole nitrogens is 1. The van der Waals surface area contributed by atoms with Crippen LogP contribution in [0.3, 0.4) is 0 Å². The summed E-state index contributed by atoms with van der Waals surface area (Å²) >= 11 is 0. The highest BCUT2D eigenvalue weighted by molar-refractivity contribution is 5.98. The second-order valence-corrected chi connectivity index (χ2v) is 12.0. The number of ketones is 1. The van der Waals surface area contributed by atoms with E-state index in [2.05, 4.69) is 27.9 Å². The maximum Gasteiger partial charge on any atom is 0.243 e. The van der Waals surface area contributed by atoms with Crippen LogP contribution in [0.2, 0.25) is 0 Å². The Morgan fingerprint density at radius 1 is 0.818 bits per heavy atom. The van der Waals surface area contributed by atoms with Gasteiger partial charge in [-0.15, -0.1) is 0 Å². The molecule has 236 valence electrons. The van der Waals surface area contributed by atoms with Crippen molar-refractivity contribution in [3.63, 3.8) is 0 Å². The number of hydrogen-bond acceptors (Lipinski definition) is 5. The number of aromatic nitrogens is 1. The maximum absolute atomic E-state index is 13.8. The van der Waals surface area contributed by atoms with Crippen LogP contribution in [0, 0.1) is 0 Å². The first-order valence-corrected chi connectivity index (χ1v) is 15.9. The lowest BCUT2D eigenvalue weighted by Crippen LogP contribution is -2.57. The SMILES string of the molecule is CCCCCC(=O)NC(Cc1c[nH]c2ccccc12)C(=O)NC(CCCC)C(=O)NC(Cc1ccccc1)C(=O)C1(C)CO1. The third kappa shape index (κ3) is 9.02. The van der Waals surface area contributed by atoms with Crippen molar-refractivity contribution in [2.24, 2.45) is 0 Å². The first kappa shape index (κ1) is 32.9. The van der Waals surface area contributed by atoms with E-state index in [9.17, 15) is 19.2 Å². The monoisotopic (exact) mass is 602 g/mol. The molecule has 9 nitrogen and oxygen atoms in total. The van der Waals surface area contributed by atoms with Crippen LogP contribution < -0.4 is 16.0 Å². The molecule has 1 fully saturated rings. The summed E-state index contributed by atoms with van der Waals surface area (Å²) < 4.78 is 5.42. The summed E-state index contributed by atoms with van der Waals surface area (Å²) in [5.74, 6) is -1.24. The molecule has 3 amide bonds. The predicted octanol–water partition coefficient (Wildman–Crippen LogP) is 4.54. The van der Waals surface area contributed by atoms with Gasteiger partial charge in [0.15, 0.2) is 5.78 Å². The molecule has 2 heterocycles. The summed E-state index contributed by atoms with van der Waals surface area (Å²) in [6, 6.07) is 14.8. The molecule has 1 saturated heterocycles. The predicted molar refractivity (Wildman–Crippen MR) is 171 cm³/mol. The van der Waals surface area contributed by atoms with Crippen molar-refractivity contribution in [3.8, 4) is 0 Å². The van der Waals surface area contributed by atoms with Crippen molar-refractivity contribution in [1.82, 2.24) is 20.9 Å². The summed E-state index contributed by atoms with van der Waals surface area (Å²) in [7, 11) is 0. The van der Waals surface area contributed by atoms with Crippen LogP contribution >= 0.6 is 0 Å². The number of ether oxygens (including phenoxy) is 1. The van der Waals surface area contributed by atoms with Gasteiger partial charge in [-0.1, -0.05) is 88.1 Å². The molecular weight excluding hydrogens is 556 g/mol. The minimum atomic E-state index is -0.915. The molecule has 4 N–H and O–H groups in total. The molecule has 1 aliphatic heterocycles. The topological polar surface area (TPSA) is 133 Å². The molecule has 4 atom stereocenters. The van der Waals surface area contributed by atoms with Crippen molar-refractivity contribution >= 4 is 34.4 Å². The smallest absolute Gasteiger partial charge is 0.243 e. The van der Waals surface area contributed by atoms with E-state index in [-0.39, 0.29) is 18.1 Å². The summed E-state index contributed by atoms with van der Waals surface area (Å²) in [4.78, 5) is 57.0. The van der Waals surface area contributed by atoms with Gasteiger partial charge in [-0.05, 0) is 43.4 Å². The number of carbonyl (C=O) groups is 4. The minimum Gasteiger partial charge on any atom is -0.361 e. The number of para-hydroxylation sites is 1. The van der Waals surface area contributed by atoms with E-state index in [0.717, 1.165) is 47.7 Å². The fourth-order valence-electron chi connectivity index (χ4n) is 5.43. The van der Waals surface area contributed by atoms with Crippen LogP contribution in [0.25, 0.3) is 10.9 Å². The second kappa shape index (κ2) is 15.7. The van der Waals surface area contributed by atoms with Gasteiger partial charge in [0.25, 0.3) is 0 Å². The van der Waals surface area contributed by atoms with Gasteiger partial charge in [0.1, 0.15) is 17.7 Å². The van der Waals surface area contributed by atoms with Gasteiger partial charge in [-0.3, -0.25) is 19.2 Å². The van der Waals surface area contributed by atoms with Crippen LogP contribution in [-0.4, -0.2) is 58.8 Å². The van der Waals surface area contributed by atoms with Gasteiger partial charge in [0, 0.05) is 29.9 Å². The zero-order valence-electron chi connectivity index (χ0n) is 26.1. The Bertz CT molecular complexity index is 1410. The number of fused-ring (bicyclic) bond motifs is 1. The van der Waals surface area contributed by atoms with E-state index < -0.39 is 35.5 Å². The number of carbonyl (C=O) groups excluding carboxylic acids is 4. The lowest BCUT2D eigenvalue weighted by molar-refractivity contribution is -0.134. The Hall–Kier alpha value is -3.98. The lowest BCUT2D eigenvalue weighted by Gasteiger charge is -2.26. The summed E-state index contributed by atoms with van der Waals surface area (Å²) in [6.07, 6.45) is 7.35. The molecule has 4 unspecified atom stereocenters. The molecule has 0 aliphatic carbocycles. The van der Waals surface area contributed by atoms with E-state index in [4.69, 9.17) is 4.74 Å².